The predicted molar refractivity (Wildman–Crippen MR) is 241 cm³/mol. The van der Waals surface area contributed by atoms with E-state index in [0.717, 1.165) is 33.4 Å². The normalized spacial score (nSPS) is 13.6. The quantitative estimate of drug-likeness (QED) is 0.148. The fourth-order valence-corrected chi connectivity index (χ4v) is 8.86. The second kappa shape index (κ2) is 15.0. The molecule has 0 fully saturated rings. The van der Waals surface area contributed by atoms with E-state index in [4.69, 9.17) is 35.6 Å². The summed E-state index contributed by atoms with van der Waals surface area (Å²) in [5.41, 5.74) is 18.0. The number of allylic oxidation sites excluding steroid dienone is 3. The van der Waals surface area contributed by atoms with E-state index in [-0.39, 0.29) is 5.92 Å². The van der Waals surface area contributed by atoms with Gasteiger partial charge in [0, 0.05) is 35.6 Å². The van der Waals surface area contributed by atoms with Crippen molar-refractivity contribution in [2.75, 3.05) is 0 Å². The molecule has 2 aliphatic rings. The molecule has 0 bridgehead atoms. The van der Waals surface area contributed by atoms with Gasteiger partial charge in [-0.1, -0.05) is 110 Å². The van der Waals surface area contributed by atoms with Crippen molar-refractivity contribution in [1.29, 1.82) is 0 Å². The molecule has 10 heteroatoms. The molecule has 5 heterocycles. The lowest BCUT2D eigenvalue weighted by atomic mass is 9.70. The average Bonchev–Trinajstić information content (AvgIpc) is 3.81. The van der Waals surface area contributed by atoms with E-state index in [1.165, 1.54) is 28.5 Å². The number of aromatic nitrogens is 9. The summed E-state index contributed by atoms with van der Waals surface area (Å²) in [7, 11) is 0. The Labute approximate surface area is 357 Å². The van der Waals surface area contributed by atoms with Gasteiger partial charge in [-0.15, -0.1) is 0 Å². The lowest BCUT2D eigenvalue weighted by molar-refractivity contribution is 0.793. The Morgan fingerprint density at radius 3 is 1.34 bits per heavy atom. The van der Waals surface area contributed by atoms with Crippen LogP contribution in [0.1, 0.15) is 40.9 Å². The van der Waals surface area contributed by atoms with Crippen molar-refractivity contribution in [1.82, 2.24) is 44.9 Å². The van der Waals surface area contributed by atoms with Crippen molar-refractivity contribution >= 4 is 0 Å². The Bertz CT molecular complexity index is 3120. The van der Waals surface area contributed by atoms with Gasteiger partial charge in [0.2, 0.25) is 0 Å². The molecule has 0 saturated carbocycles. The first-order valence-corrected chi connectivity index (χ1v) is 20.4. The van der Waals surface area contributed by atoms with Crippen LogP contribution in [0.25, 0.3) is 79.6 Å². The molecule has 4 aromatic carbocycles. The topological polar surface area (TPSA) is 142 Å². The zero-order valence-corrected chi connectivity index (χ0v) is 33.5. The standard InChI is InChI=1S/C52H36N10/c1-32(14-6-10-26-53)46-57-47(59-49(58-46)43-19-7-11-27-54-43)33-22-24-37-38-25-23-34(48-60-50(44-20-8-12-28-55-44)62-51(61-48)45-21-9-13-29-56-45)31-42(38)52(41(37)30-33)39-17-4-2-15-35(39)36-16-3-5-18-40(36)52/h2-32H,53H2,1H3/b14-6-,26-10-. The highest BCUT2D eigenvalue weighted by molar-refractivity contribution is 5.96. The van der Waals surface area contributed by atoms with E-state index < -0.39 is 5.41 Å². The van der Waals surface area contributed by atoms with Crippen molar-refractivity contribution in [3.05, 3.63) is 211 Å². The number of rotatable bonds is 8. The number of benzene rings is 4. The molecule has 1 unspecified atom stereocenters. The molecule has 5 aromatic heterocycles. The van der Waals surface area contributed by atoms with E-state index in [9.17, 15) is 0 Å². The van der Waals surface area contributed by atoms with Gasteiger partial charge in [0.1, 0.15) is 22.9 Å². The first-order chi connectivity index (χ1) is 30.6. The van der Waals surface area contributed by atoms with Gasteiger partial charge >= 0.3 is 0 Å². The summed E-state index contributed by atoms with van der Waals surface area (Å²) in [6, 6.07) is 47.8. The van der Waals surface area contributed by atoms with Crippen molar-refractivity contribution < 1.29 is 0 Å². The summed E-state index contributed by atoms with van der Waals surface area (Å²) < 4.78 is 0. The number of nitrogens with zero attached hydrogens (tertiary/aromatic N) is 9. The fourth-order valence-electron chi connectivity index (χ4n) is 8.86. The first kappa shape index (κ1) is 36.7. The molecular weight excluding hydrogens is 765 g/mol. The van der Waals surface area contributed by atoms with Crippen LogP contribution in [0.3, 0.4) is 0 Å². The van der Waals surface area contributed by atoms with Gasteiger partial charge in [0.15, 0.2) is 29.1 Å². The van der Waals surface area contributed by atoms with Crippen LogP contribution in [0, 0.1) is 0 Å². The number of nitrogens with two attached hydrogens (primary N) is 1. The molecular formula is C52H36N10. The summed E-state index contributed by atoms with van der Waals surface area (Å²) in [5, 5.41) is 0. The zero-order chi connectivity index (χ0) is 41.6. The molecule has 1 spiro atoms. The van der Waals surface area contributed by atoms with Gasteiger partial charge in [-0.05, 0) is 105 Å². The van der Waals surface area contributed by atoms with Crippen molar-refractivity contribution in [3.8, 4) is 79.6 Å². The molecule has 2 N–H and O–H groups in total. The maximum absolute atomic E-state index is 5.64. The van der Waals surface area contributed by atoms with E-state index in [1.54, 1.807) is 24.7 Å². The third kappa shape index (κ3) is 5.99. The minimum atomic E-state index is -0.686. The molecule has 11 rings (SSSR count). The maximum Gasteiger partial charge on any atom is 0.182 e. The van der Waals surface area contributed by atoms with Crippen LogP contribution < -0.4 is 5.73 Å². The van der Waals surface area contributed by atoms with Gasteiger partial charge in [-0.25, -0.2) is 29.9 Å². The van der Waals surface area contributed by atoms with Crippen LogP contribution in [-0.4, -0.2) is 44.9 Å². The Balaban J connectivity index is 1.14. The van der Waals surface area contributed by atoms with E-state index in [0.29, 0.717) is 52.0 Å². The third-order valence-electron chi connectivity index (χ3n) is 11.6. The fraction of sp³-hybridized carbons (Fsp3) is 0.0577. The average molecular weight is 801 g/mol. The van der Waals surface area contributed by atoms with Gasteiger partial charge in [0.25, 0.3) is 0 Å². The highest BCUT2D eigenvalue weighted by Crippen LogP contribution is 2.63. The Kier molecular flexibility index (Phi) is 8.89. The molecule has 294 valence electrons. The SMILES string of the molecule is CC(/C=C\C=C/N)c1nc(-c2ccc3c(c2)C2(c4ccccc4-c4ccccc42)c2cc(-c4nc(-c5ccccn5)nc(-c5ccccn5)n4)ccc2-3)nc(-c2ccccn2)n1. The van der Waals surface area contributed by atoms with E-state index in [1.807, 2.05) is 66.7 Å². The second-order valence-electron chi connectivity index (χ2n) is 15.2. The van der Waals surface area contributed by atoms with E-state index in [2.05, 4.69) is 107 Å². The Morgan fingerprint density at radius 1 is 0.435 bits per heavy atom. The number of hydrogen-bond acceptors (Lipinski definition) is 10. The molecule has 0 radical (unpaired) electrons. The lowest BCUT2D eigenvalue weighted by Gasteiger charge is -2.31. The molecule has 0 saturated heterocycles. The Morgan fingerprint density at radius 2 is 0.855 bits per heavy atom. The number of hydrogen-bond donors (Lipinski definition) is 1. The van der Waals surface area contributed by atoms with Gasteiger partial charge in [0.05, 0.1) is 5.41 Å². The second-order valence-corrected chi connectivity index (χ2v) is 15.2. The first-order valence-electron chi connectivity index (χ1n) is 20.4. The van der Waals surface area contributed by atoms with Crippen LogP contribution >= 0.6 is 0 Å². The smallest absolute Gasteiger partial charge is 0.182 e. The summed E-state index contributed by atoms with van der Waals surface area (Å²) >= 11 is 0. The van der Waals surface area contributed by atoms with Gasteiger partial charge in [-0.2, -0.15) is 0 Å². The lowest BCUT2D eigenvalue weighted by Crippen LogP contribution is -2.26. The summed E-state index contributed by atoms with van der Waals surface area (Å²) in [4.78, 5) is 43.9. The Hall–Kier alpha value is -8.37. The van der Waals surface area contributed by atoms with Crippen LogP contribution in [0.2, 0.25) is 0 Å². The molecule has 10 nitrogen and oxygen atoms in total. The maximum atomic E-state index is 5.64. The predicted octanol–water partition coefficient (Wildman–Crippen LogP) is 10.1. The van der Waals surface area contributed by atoms with Crippen molar-refractivity contribution in [2.24, 2.45) is 5.73 Å². The van der Waals surface area contributed by atoms with Crippen LogP contribution in [0.4, 0.5) is 0 Å². The molecule has 2 aliphatic carbocycles. The zero-order valence-electron chi connectivity index (χ0n) is 33.5. The van der Waals surface area contributed by atoms with Gasteiger partial charge < -0.3 is 5.73 Å². The van der Waals surface area contributed by atoms with Crippen LogP contribution in [0.15, 0.2) is 183 Å². The minimum Gasteiger partial charge on any atom is -0.405 e. The summed E-state index contributed by atoms with van der Waals surface area (Å²) in [6.45, 7) is 2.06. The van der Waals surface area contributed by atoms with E-state index >= 15 is 0 Å². The van der Waals surface area contributed by atoms with Crippen molar-refractivity contribution in [2.45, 2.75) is 18.3 Å². The number of pyridine rings is 3. The molecule has 0 amide bonds. The monoisotopic (exact) mass is 800 g/mol. The van der Waals surface area contributed by atoms with Crippen molar-refractivity contribution in [3.63, 3.8) is 0 Å². The molecule has 0 aliphatic heterocycles. The van der Waals surface area contributed by atoms with Crippen LogP contribution in [0.5, 0.6) is 0 Å². The summed E-state index contributed by atoms with van der Waals surface area (Å²) in [6.07, 6.45) is 12.5. The largest absolute Gasteiger partial charge is 0.405 e. The van der Waals surface area contributed by atoms with Crippen LogP contribution in [-0.2, 0) is 5.41 Å². The highest BCUT2D eigenvalue weighted by atomic mass is 15.1. The summed E-state index contributed by atoms with van der Waals surface area (Å²) in [5.74, 6) is 3.04. The number of fused-ring (bicyclic) bond motifs is 10. The highest BCUT2D eigenvalue weighted by Gasteiger charge is 2.52. The third-order valence-corrected chi connectivity index (χ3v) is 11.6. The van der Waals surface area contributed by atoms with Gasteiger partial charge in [-0.3, -0.25) is 15.0 Å². The molecule has 9 aromatic rings. The minimum absolute atomic E-state index is 0.126. The molecule has 62 heavy (non-hydrogen) atoms. The molecule has 1 atom stereocenters.